The van der Waals surface area contributed by atoms with E-state index >= 15 is 0 Å². The molecule has 1 aliphatic heterocycles. The molecule has 5 nitrogen and oxygen atoms in total. The van der Waals surface area contributed by atoms with Gasteiger partial charge in [0.1, 0.15) is 5.75 Å². The molecule has 0 bridgehead atoms. The number of hydrogen-bond acceptors (Lipinski definition) is 4. The van der Waals surface area contributed by atoms with E-state index in [0.29, 0.717) is 28.0 Å². The van der Waals surface area contributed by atoms with Gasteiger partial charge >= 0.3 is 0 Å². The molecule has 0 radical (unpaired) electrons. The molecule has 0 atom stereocenters. The number of amidine groups is 1. The summed E-state index contributed by atoms with van der Waals surface area (Å²) in [7, 11) is 1.52. The lowest BCUT2D eigenvalue weighted by Gasteiger charge is -2.19. The van der Waals surface area contributed by atoms with Crippen LogP contribution in [0.15, 0.2) is 47.7 Å². The Kier molecular flexibility index (Phi) is 5.53. The monoisotopic (exact) mass is 389 g/mol. The molecule has 0 unspecified atom stereocenters. The van der Waals surface area contributed by atoms with E-state index < -0.39 is 0 Å². The van der Waals surface area contributed by atoms with E-state index in [1.165, 1.54) is 7.11 Å². The average Bonchev–Trinajstić information content (AvgIpc) is 2.89. The first-order chi connectivity index (χ1) is 12.4. The van der Waals surface area contributed by atoms with E-state index in [0.717, 1.165) is 12.1 Å². The molecule has 3 rings (SSSR count). The minimum atomic E-state index is -0.360. The van der Waals surface area contributed by atoms with Gasteiger partial charge in [-0.25, -0.2) is 0 Å². The van der Waals surface area contributed by atoms with Gasteiger partial charge in [0.2, 0.25) is 0 Å². The highest BCUT2D eigenvalue weighted by Gasteiger charge is 2.35. The summed E-state index contributed by atoms with van der Waals surface area (Å²) in [5.74, 6) is 0.102. The Balaban J connectivity index is 1.89. The highest BCUT2D eigenvalue weighted by molar-refractivity contribution is 8.15. The van der Waals surface area contributed by atoms with Crippen molar-refractivity contribution >= 4 is 34.4 Å². The lowest BCUT2D eigenvalue weighted by molar-refractivity contribution is 0.0998. The van der Waals surface area contributed by atoms with Gasteiger partial charge in [-0.3, -0.25) is 9.78 Å². The number of nitrogens with zero attached hydrogens (tertiary/aromatic N) is 3. The smallest absolute Gasteiger partial charge is 0.283 e. The number of thioether (sulfide) groups is 1. The predicted octanol–water partition coefficient (Wildman–Crippen LogP) is 4.27. The van der Waals surface area contributed by atoms with Crippen LogP contribution < -0.4 is 4.74 Å². The summed E-state index contributed by atoms with van der Waals surface area (Å²) in [5, 5.41) is 1.17. The summed E-state index contributed by atoms with van der Waals surface area (Å²) in [5.41, 5.74) is 1.44. The summed E-state index contributed by atoms with van der Waals surface area (Å²) in [6.45, 7) is 5.73. The molecule has 0 aliphatic carbocycles. The summed E-state index contributed by atoms with van der Waals surface area (Å²) in [4.78, 5) is 23.4. The summed E-state index contributed by atoms with van der Waals surface area (Å²) >= 11 is 7.63. The summed E-state index contributed by atoms with van der Waals surface area (Å²) in [6, 6.07) is 8.87. The van der Waals surface area contributed by atoms with Crippen molar-refractivity contribution in [3.8, 4) is 5.75 Å². The molecule has 2 heterocycles. The molecular formula is C19H20ClN3O2S. The van der Waals surface area contributed by atoms with Crippen LogP contribution >= 0.6 is 23.4 Å². The molecule has 1 saturated heterocycles. The van der Waals surface area contributed by atoms with Gasteiger partial charge in [0.05, 0.1) is 12.7 Å². The molecular weight excluding hydrogens is 370 g/mol. The third-order valence-electron chi connectivity index (χ3n) is 3.90. The zero-order valence-electron chi connectivity index (χ0n) is 14.9. The van der Waals surface area contributed by atoms with Crippen molar-refractivity contribution in [2.45, 2.75) is 25.1 Å². The van der Waals surface area contributed by atoms with Crippen LogP contribution in [0.2, 0.25) is 5.02 Å². The van der Waals surface area contributed by atoms with Gasteiger partial charge in [-0.2, -0.15) is 4.99 Å². The Morgan fingerprint density at radius 2 is 2.23 bits per heavy atom. The van der Waals surface area contributed by atoms with Crippen LogP contribution in [0.5, 0.6) is 5.75 Å². The lowest BCUT2D eigenvalue weighted by Crippen LogP contribution is -2.28. The van der Waals surface area contributed by atoms with Gasteiger partial charge in [-0.1, -0.05) is 29.4 Å². The van der Waals surface area contributed by atoms with E-state index in [9.17, 15) is 4.79 Å². The number of methoxy groups -OCH3 is 1. The average molecular weight is 390 g/mol. The Labute approximate surface area is 162 Å². The number of carbonyl (C=O) groups is 1. The fraction of sp³-hybridized carbons (Fsp3) is 0.316. The molecule has 7 heteroatoms. The predicted molar refractivity (Wildman–Crippen MR) is 106 cm³/mol. The van der Waals surface area contributed by atoms with Crippen molar-refractivity contribution in [2.75, 3.05) is 13.7 Å². The van der Waals surface area contributed by atoms with E-state index in [2.05, 4.69) is 28.7 Å². The number of amides is 1. The molecule has 0 spiro atoms. The molecule has 1 aliphatic rings. The fourth-order valence-electron chi connectivity index (χ4n) is 2.79. The second-order valence-corrected chi connectivity index (χ2v) is 8.73. The number of halogens is 1. The van der Waals surface area contributed by atoms with Crippen LogP contribution in [-0.4, -0.2) is 39.4 Å². The standard InChI is InChI=1S/C19H20ClN3O2S/c1-19(2)12-23(11-13-5-4-8-21-10-13)18(26-19)22-17(24)15-9-14(20)6-7-16(15)25-3/h4-10H,11-12H2,1-3H3. The van der Waals surface area contributed by atoms with Crippen molar-refractivity contribution in [3.05, 3.63) is 58.9 Å². The largest absolute Gasteiger partial charge is 0.496 e. The Morgan fingerprint density at radius 1 is 1.42 bits per heavy atom. The topological polar surface area (TPSA) is 54.8 Å². The fourth-order valence-corrected chi connectivity index (χ4v) is 4.07. The van der Waals surface area contributed by atoms with E-state index in [-0.39, 0.29) is 10.7 Å². The number of ether oxygens (including phenoxy) is 1. The second-order valence-electron chi connectivity index (χ2n) is 6.62. The van der Waals surface area contributed by atoms with Gasteiger partial charge in [-0.15, -0.1) is 0 Å². The third kappa shape index (κ3) is 4.37. The van der Waals surface area contributed by atoms with Gasteiger partial charge in [-0.05, 0) is 43.7 Å². The summed E-state index contributed by atoms with van der Waals surface area (Å²) in [6.07, 6.45) is 3.57. The van der Waals surface area contributed by atoms with E-state index in [1.807, 2.05) is 18.3 Å². The normalized spacial score (nSPS) is 17.5. The van der Waals surface area contributed by atoms with Crippen molar-refractivity contribution < 1.29 is 9.53 Å². The van der Waals surface area contributed by atoms with Crippen LogP contribution in [0.3, 0.4) is 0 Å². The highest BCUT2D eigenvalue weighted by Crippen LogP contribution is 2.37. The molecule has 2 aromatic rings. The Bertz CT molecular complexity index is 840. The third-order valence-corrected chi connectivity index (χ3v) is 5.34. The van der Waals surface area contributed by atoms with Crippen LogP contribution in [0.1, 0.15) is 29.8 Å². The van der Waals surface area contributed by atoms with Crippen molar-refractivity contribution in [3.63, 3.8) is 0 Å². The zero-order chi connectivity index (χ0) is 18.7. The first kappa shape index (κ1) is 18.7. The minimum absolute atomic E-state index is 0.0280. The molecule has 26 heavy (non-hydrogen) atoms. The first-order valence-corrected chi connectivity index (χ1v) is 9.37. The van der Waals surface area contributed by atoms with Crippen LogP contribution in [-0.2, 0) is 6.54 Å². The second kappa shape index (κ2) is 7.68. The Morgan fingerprint density at radius 3 is 2.92 bits per heavy atom. The molecule has 1 fully saturated rings. The maximum atomic E-state index is 12.8. The van der Waals surface area contributed by atoms with Gasteiger partial charge in [0.15, 0.2) is 5.17 Å². The number of benzene rings is 1. The van der Waals surface area contributed by atoms with Crippen molar-refractivity contribution in [1.29, 1.82) is 0 Å². The summed E-state index contributed by atoms with van der Waals surface area (Å²) < 4.78 is 5.24. The quantitative estimate of drug-likeness (QED) is 0.781. The number of rotatable bonds is 4. The molecule has 0 saturated carbocycles. The van der Waals surface area contributed by atoms with Gasteiger partial charge < -0.3 is 9.64 Å². The lowest BCUT2D eigenvalue weighted by atomic mass is 10.2. The number of hydrogen-bond donors (Lipinski definition) is 0. The van der Waals surface area contributed by atoms with Gasteiger partial charge in [0, 0.05) is 35.3 Å². The minimum Gasteiger partial charge on any atom is -0.496 e. The maximum absolute atomic E-state index is 12.8. The number of aliphatic imine (C=N–C) groups is 1. The van der Waals surface area contributed by atoms with Crippen molar-refractivity contribution in [2.24, 2.45) is 4.99 Å². The molecule has 1 aromatic carbocycles. The molecule has 1 amide bonds. The number of aromatic nitrogens is 1. The molecule has 0 N–H and O–H groups in total. The number of carbonyl (C=O) groups excluding carboxylic acids is 1. The Hall–Kier alpha value is -2.05. The number of pyridine rings is 1. The highest BCUT2D eigenvalue weighted by atomic mass is 35.5. The molecule has 1 aromatic heterocycles. The van der Waals surface area contributed by atoms with Gasteiger partial charge in [0.25, 0.3) is 5.91 Å². The van der Waals surface area contributed by atoms with Crippen LogP contribution in [0.4, 0.5) is 0 Å². The van der Waals surface area contributed by atoms with Crippen molar-refractivity contribution in [1.82, 2.24) is 9.88 Å². The molecule has 136 valence electrons. The first-order valence-electron chi connectivity index (χ1n) is 8.17. The van der Waals surface area contributed by atoms with Crippen LogP contribution in [0, 0.1) is 0 Å². The van der Waals surface area contributed by atoms with E-state index in [4.69, 9.17) is 16.3 Å². The maximum Gasteiger partial charge on any atom is 0.283 e. The van der Waals surface area contributed by atoms with E-state index in [1.54, 1.807) is 36.2 Å². The SMILES string of the molecule is COc1ccc(Cl)cc1C(=O)N=C1SC(C)(C)CN1Cc1cccnc1. The zero-order valence-corrected chi connectivity index (χ0v) is 16.5. The van der Waals surface area contributed by atoms with Crippen LogP contribution in [0.25, 0.3) is 0 Å².